The zero-order chi connectivity index (χ0) is 16.2. The second-order valence-corrected chi connectivity index (χ2v) is 6.21. The van der Waals surface area contributed by atoms with Gasteiger partial charge in [-0.05, 0) is 37.3 Å². The smallest absolute Gasteiger partial charge is 0.256 e. The van der Waals surface area contributed by atoms with Crippen molar-refractivity contribution in [3.63, 3.8) is 0 Å². The molecular weight excluding hydrogens is 288 g/mol. The molecule has 2 aromatic rings. The van der Waals surface area contributed by atoms with Crippen LogP contribution in [0.25, 0.3) is 0 Å². The Labute approximate surface area is 136 Å². The van der Waals surface area contributed by atoms with Crippen LogP contribution in [0.15, 0.2) is 36.7 Å². The molecule has 1 aromatic heterocycles. The van der Waals surface area contributed by atoms with E-state index in [9.17, 15) is 4.79 Å². The van der Waals surface area contributed by atoms with E-state index < -0.39 is 0 Å². The molecule has 0 bridgehead atoms. The van der Waals surface area contributed by atoms with Crippen molar-refractivity contribution in [3.8, 4) is 0 Å². The highest BCUT2D eigenvalue weighted by Crippen LogP contribution is 2.20. The molecule has 1 amide bonds. The number of hydrogen-bond donors (Lipinski definition) is 1. The van der Waals surface area contributed by atoms with E-state index in [1.807, 2.05) is 31.2 Å². The van der Waals surface area contributed by atoms with Gasteiger partial charge < -0.3 is 10.2 Å². The lowest BCUT2D eigenvalue weighted by Gasteiger charge is -2.30. The van der Waals surface area contributed by atoms with Crippen molar-refractivity contribution in [1.82, 2.24) is 9.97 Å². The topological polar surface area (TPSA) is 58.1 Å². The van der Waals surface area contributed by atoms with E-state index in [1.54, 1.807) is 12.4 Å². The predicted octanol–water partition coefficient (Wildman–Crippen LogP) is 3.27. The minimum Gasteiger partial charge on any atom is -0.341 e. The van der Waals surface area contributed by atoms with Crippen molar-refractivity contribution in [2.75, 3.05) is 23.3 Å². The molecule has 23 heavy (non-hydrogen) atoms. The molecule has 0 unspecified atom stereocenters. The maximum atomic E-state index is 12.3. The fourth-order valence-electron chi connectivity index (χ4n) is 2.78. The van der Waals surface area contributed by atoms with E-state index >= 15 is 0 Å². The van der Waals surface area contributed by atoms with Crippen LogP contribution in [0.4, 0.5) is 11.6 Å². The summed E-state index contributed by atoms with van der Waals surface area (Å²) in [6.07, 6.45) is 5.71. The van der Waals surface area contributed by atoms with Crippen LogP contribution in [0, 0.1) is 12.8 Å². The highest BCUT2D eigenvalue weighted by Gasteiger charge is 2.18. The molecular formula is C18H22N4O. The summed E-state index contributed by atoms with van der Waals surface area (Å²) in [5.74, 6) is 1.39. The lowest BCUT2D eigenvalue weighted by molar-refractivity contribution is 0.102. The van der Waals surface area contributed by atoms with Gasteiger partial charge in [-0.2, -0.15) is 0 Å². The van der Waals surface area contributed by atoms with Gasteiger partial charge in [0.05, 0.1) is 18.1 Å². The molecule has 0 atom stereocenters. The van der Waals surface area contributed by atoms with Crippen LogP contribution in [-0.2, 0) is 0 Å². The quantitative estimate of drug-likeness (QED) is 0.945. The van der Waals surface area contributed by atoms with Crippen LogP contribution in [-0.4, -0.2) is 29.0 Å². The molecule has 0 aliphatic carbocycles. The molecule has 0 spiro atoms. The average Bonchev–Trinajstić information content (AvgIpc) is 2.57. The molecule has 1 N–H and O–H groups in total. The summed E-state index contributed by atoms with van der Waals surface area (Å²) < 4.78 is 0. The fourth-order valence-corrected chi connectivity index (χ4v) is 2.78. The summed E-state index contributed by atoms with van der Waals surface area (Å²) in [6.45, 7) is 6.19. The average molecular weight is 310 g/mol. The SMILES string of the molecule is Cc1ccccc1C(=O)Nc1cnc(N2CCC(C)CC2)nc1. The van der Waals surface area contributed by atoms with Gasteiger partial charge in [-0.3, -0.25) is 4.79 Å². The van der Waals surface area contributed by atoms with Gasteiger partial charge in [-0.15, -0.1) is 0 Å². The van der Waals surface area contributed by atoms with Gasteiger partial charge in [0, 0.05) is 18.7 Å². The van der Waals surface area contributed by atoms with E-state index in [0.29, 0.717) is 11.3 Å². The molecule has 3 rings (SSSR count). The molecule has 1 aliphatic heterocycles. The number of hydrogen-bond acceptors (Lipinski definition) is 4. The minimum absolute atomic E-state index is 0.133. The Morgan fingerprint density at radius 3 is 2.48 bits per heavy atom. The first kappa shape index (κ1) is 15.5. The number of amides is 1. The first-order valence-electron chi connectivity index (χ1n) is 8.07. The number of nitrogens with zero attached hydrogens (tertiary/aromatic N) is 3. The van der Waals surface area contributed by atoms with Gasteiger partial charge in [0.25, 0.3) is 5.91 Å². The molecule has 120 valence electrons. The number of carbonyl (C=O) groups excluding carboxylic acids is 1. The lowest BCUT2D eigenvalue weighted by atomic mass is 10.00. The highest BCUT2D eigenvalue weighted by atomic mass is 16.1. The Balaban J connectivity index is 1.66. The summed E-state index contributed by atoms with van der Waals surface area (Å²) in [5, 5.41) is 2.85. The van der Waals surface area contributed by atoms with Crippen molar-refractivity contribution < 1.29 is 4.79 Å². The van der Waals surface area contributed by atoms with Crippen LogP contribution in [0.2, 0.25) is 0 Å². The number of carbonyl (C=O) groups is 1. The maximum absolute atomic E-state index is 12.3. The number of nitrogens with one attached hydrogen (secondary N) is 1. The van der Waals surface area contributed by atoms with Crippen LogP contribution < -0.4 is 10.2 Å². The number of rotatable bonds is 3. The summed E-state index contributed by atoms with van der Waals surface area (Å²) in [5.41, 5.74) is 2.24. The van der Waals surface area contributed by atoms with E-state index in [-0.39, 0.29) is 5.91 Å². The molecule has 5 nitrogen and oxygen atoms in total. The Kier molecular flexibility index (Phi) is 4.55. The van der Waals surface area contributed by atoms with Gasteiger partial charge >= 0.3 is 0 Å². The number of anilines is 2. The molecule has 5 heteroatoms. The van der Waals surface area contributed by atoms with Gasteiger partial charge in [0.1, 0.15) is 0 Å². The Morgan fingerprint density at radius 2 is 1.83 bits per heavy atom. The van der Waals surface area contributed by atoms with E-state index in [2.05, 4.69) is 27.1 Å². The highest BCUT2D eigenvalue weighted by molar-refractivity contribution is 6.05. The third-order valence-corrected chi connectivity index (χ3v) is 4.35. The largest absolute Gasteiger partial charge is 0.341 e. The predicted molar refractivity (Wildman–Crippen MR) is 91.8 cm³/mol. The van der Waals surface area contributed by atoms with Crippen LogP contribution in [0.1, 0.15) is 35.7 Å². The first-order chi connectivity index (χ1) is 11.1. The molecule has 0 radical (unpaired) electrons. The first-order valence-corrected chi connectivity index (χ1v) is 8.07. The zero-order valence-electron chi connectivity index (χ0n) is 13.6. The van der Waals surface area contributed by atoms with E-state index in [1.165, 1.54) is 12.8 Å². The van der Waals surface area contributed by atoms with Gasteiger partial charge in [-0.25, -0.2) is 9.97 Å². The number of aryl methyl sites for hydroxylation is 1. The zero-order valence-corrected chi connectivity index (χ0v) is 13.6. The Hall–Kier alpha value is -2.43. The van der Waals surface area contributed by atoms with Crippen LogP contribution >= 0.6 is 0 Å². The molecule has 0 saturated carbocycles. The van der Waals surface area contributed by atoms with Gasteiger partial charge in [0.15, 0.2) is 0 Å². The Morgan fingerprint density at radius 1 is 1.17 bits per heavy atom. The van der Waals surface area contributed by atoms with Gasteiger partial charge in [0.2, 0.25) is 5.95 Å². The molecule has 1 aliphatic rings. The van der Waals surface area contributed by atoms with E-state index in [4.69, 9.17) is 0 Å². The third kappa shape index (κ3) is 3.67. The van der Waals surface area contributed by atoms with Crippen molar-refractivity contribution in [2.24, 2.45) is 5.92 Å². The molecule has 1 fully saturated rings. The van der Waals surface area contributed by atoms with Crippen LogP contribution in [0.3, 0.4) is 0 Å². The fraction of sp³-hybridized carbons (Fsp3) is 0.389. The second-order valence-electron chi connectivity index (χ2n) is 6.21. The summed E-state index contributed by atoms with van der Waals surface area (Å²) in [4.78, 5) is 23.3. The summed E-state index contributed by atoms with van der Waals surface area (Å²) in [6, 6.07) is 7.52. The number of piperidine rings is 1. The van der Waals surface area contributed by atoms with Crippen molar-refractivity contribution >= 4 is 17.5 Å². The molecule has 1 saturated heterocycles. The number of benzene rings is 1. The Bertz CT molecular complexity index is 676. The minimum atomic E-state index is -0.133. The van der Waals surface area contributed by atoms with Gasteiger partial charge in [-0.1, -0.05) is 25.1 Å². The monoisotopic (exact) mass is 310 g/mol. The lowest BCUT2D eigenvalue weighted by Crippen LogP contribution is -2.34. The summed E-state index contributed by atoms with van der Waals surface area (Å²) >= 11 is 0. The van der Waals surface area contributed by atoms with Crippen molar-refractivity contribution in [2.45, 2.75) is 26.7 Å². The third-order valence-electron chi connectivity index (χ3n) is 4.35. The second kappa shape index (κ2) is 6.77. The van der Waals surface area contributed by atoms with Crippen molar-refractivity contribution in [3.05, 3.63) is 47.8 Å². The molecule has 1 aromatic carbocycles. The van der Waals surface area contributed by atoms with Crippen LogP contribution in [0.5, 0.6) is 0 Å². The summed E-state index contributed by atoms with van der Waals surface area (Å²) in [7, 11) is 0. The van der Waals surface area contributed by atoms with Crippen molar-refractivity contribution in [1.29, 1.82) is 0 Å². The molecule has 2 heterocycles. The van der Waals surface area contributed by atoms with E-state index in [0.717, 1.165) is 30.5 Å². The maximum Gasteiger partial charge on any atom is 0.256 e. The standard InChI is InChI=1S/C18H22N4O/c1-13-7-9-22(10-8-13)18-19-11-15(12-20-18)21-17(23)16-6-4-3-5-14(16)2/h3-6,11-13H,7-10H2,1-2H3,(H,21,23). The number of aromatic nitrogens is 2. The normalized spacial score (nSPS) is 15.5.